The van der Waals surface area contributed by atoms with Crippen molar-refractivity contribution >= 4 is 11.3 Å². The molecule has 1 atom stereocenters. The zero-order valence-electron chi connectivity index (χ0n) is 9.88. The largest absolute Gasteiger partial charge is 0.487 e. The normalized spacial score (nSPS) is 12.4. The lowest BCUT2D eigenvalue weighted by Gasteiger charge is -2.12. The van der Waals surface area contributed by atoms with E-state index in [4.69, 9.17) is 4.74 Å². The third kappa shape index (κ3) is 3.05. The first-order valence-corrected chi connectivity index (χ1v) is 6.35. The summed E-state index contributed by atoms with van der Waals surface area (Å²) in [4.78, 5) is 4.33. The number of aromatic nitrogens is 1. The van der Waals surface area contributed by atoms with Crippen LogP contribution in [0.2, 0.25) is 0 Å². The summed E-state index contributed by atoms with van der Waals surface area (Å²) in [5.74, 6) is 0.716. The average Bonchev–Trinajstić information content (AvgIpc) is 2.73. The van der Waals surface area contributed by atoms with E-state index in [1.165, 1.54) is 0 Å². The zero-order valence-corrected chi connectivity index (χ0v) is 10.7. The first-order valence-electron chi connectivity index (χ1n) is 5.47. The molecule has 1 aromatic carbocycles. The minimum Gasteiger partial charge on any atom is -0.487 e. The maximum absolute atomic E-state index is 9.61. The lowest BCUT2D eigenvalue weighted by atomic mass is 10.1. The number of ether oxygens (including phenoxy) is 1. The predicted molar refractivity (Wildman–Crippen MR) is 68.3 cm³/mol. The molecule has 0 radical (unpaired) electrons. The molecule has 2 aromatic rings. The number of aliphatic hydroxyl groups excluding tert-OH is 1. The molecule has 0 saturated carbocycles. The summed E-state index contributed by atoms with van der Waals surface area (Å²) in [6.07, 6.45) is -0.525. The standard InChI is InChI=1S/C13H15NO2S/c1-9(15)12-5-3-4-6-13(12)16-7-11-8-17-10(2)14-11/h3-6,8-9,15H,7H2,1-2H3/t9-/m1/s1. The highest BCUT2D eigenvalue weighted by Gasteiger charge is 2.08. The Morgan fingerprint density at radius 2 is 2.18 bits per heavy atom. The molecule has 0 aliphatic rings. The van der Waals surface area contributed by atoms with E-state index >= 15 is 0 Å². The average molecular weight is 249 g/mol. The molecule has 0 amide bonds. The molecule has 90 valence electrons. The van der Waals surface area contributed by atoms with Crippen molar-refractivity contribution in [3.05, 3.63) is 45.9 Å². The highest BCUT2D eigenvalue weighted by molar-refractivity contribution is 7.09. The summed E-state index contributed by atoms with van der Waals surface area (Å²) in [5.41, 5.74) is 1.73. The second-order valence-corrected chi connectivity index (χ2v) is 4.92. The minimum absolute atomic E-state index is 0.439. The Morgan fingerprint density at radius 1 is 1.41 bits per heavy atom. The van der Waals surface area contributed by atoms with Gasteiger partial charge in [-0.2, -0.15) is 0 Å². The number of thiazole rings is 1. The van der Waals surface area contributed by atoms with Crippen molar-refractivity contribution < 1.29 is 9.84 Å². The van der Waals surface area contributed by atoms with E-state index in [0.29, 0.717) is 12.4 Å². The molecule has 0 spiro atoms. The molecule has 0 aliphatic heterocycles. The maximum Gasteiger partial charge on any atom is 0.131 e. The monoisotopic (exact) mass is 249 g/mol. The molecule has 17 heavy (non-hydrogen) atoms. The maximum atomic E-state index is 9.61. The number of para-hydroxylation sites is 1. The van der Waals surface area contributed by atoms with E-state index in [9.17, 15) is 5.11 Å². The summed E-state index contributed by atoms with van der Waals surface area (Å²) < 4.78 is 5.68. The first-order chi connectivity index (χ1) is 8.16. The van der Waals surface area contributed by atoms with Gasteiger partial charge in [-0.3, -0.25) is 0 Å². The van der Waals surface area contributed by atoms with E-state index in [-0.39, 0.29) is 0 Å². The Balaban J connectivity index is 2.08. The Hall–Kier alpha value is -1.39. The third-order valence-electron chi connectivity index (χ3n) is 2.41. The fourth-order valence-electron chi connectivity index (χ4n) is 1.58. The van der Waals surface area contributed by atoms with Gasteiger partial charge in [-0.15, -0.1) is 11.3 Å². The van der Waals surface area contributed by atoms with Crippen molar-refractivity contribution in [2.75, 3.05) is 0 Å². The van der Waals surface area contributed by atoms with Crippen LogP contribution in [0.1, 0.15) is 29.3 Å². The van der Waals surface area contributed by atoms with Crippen LogP contribution >= 0.6 is 11.3 Å². The number of hydrogen-bond donors (Lipinski definition) is 1. The van der Waals surface area contributed by atoms with Gasteiger partial charge in [0.25, 0.3) is 0 Å². The molecule has 0 aliphatic carbocycles. The van der Waals surface area contributed by atoms with Crippen LogP contribution in [0.25, 0.3) is 0 Å². The van der Waals surface area contributed by atoms with Crippen molar-refractivity contribution in [3.8, 4) is 5.75 Å². The molecular formula is C13H15NO2S. The van der Waals surface area contributed by atoms with Crippen molar-refractivity contribution in [1.82, 2.24) is 4.98 Å². The SMILES string of the molecule is Cc1nc(COc2ccccc2[C@@H](C)O)cs1. The van der Waals surface area contributed by atoms with Crippen LogP contribution in [0, 0.1) is 6.92 Å². The number of aliphatic hydroxyl groups is 1. The number of hydrogen-bond acceptors (Lipinski definition) is 4. The highest BCUT2D eigenvalue weighted by Crippen LogP contribution is 2.25. The Kier molecular flexibility index (Phi) is 3.76. The van der Waals surface area contributed by atoms with Crippen molar-refractivity contribution in [3.63, 3.8) is 0 Å². The van der Waals surface area contributed by atoms with E-state index in [1.807, 2.05) is 36.6 Å². The number of rotatable bonds is 4. The molecule has 0 fully saturated rings. The van der Waals surface area contributed by atoms with Crippen LogP contribution < -0.4 is 4.74 Å². The van der Waals surface area contributed by atoms with Gasteiger partial charge in [-0.05, 0) is 19.9 Å². The lowest BCUT2D eigenvalue weighted by molar-refractivity contribution is 0.190. The predicted octanol–water partition coefficient (Wildman–Crippen LogP) is 3.08. The number of nitrogens with zero attached hydrogens (tertiary/aromatic N) is 1. The summed E-state index contributed by atoms with van der Waals surface area (Å²) in [5, 5.41) is 12.6. The van der Waals surface area contributed by atoms with Crippen LogP contribution in [0.3, 0.4) is 0 Å². The van der Waals surface area contributed by atoms with E-state index in [0.717, 1.165) is 16.3 Å². The van der Waals surface area contributed by atoms with Crippen LogP contribution in [-0.4, -0.2) is 10.1 Å². The van der Waals surface area contributed by atoms with Gasteiger partial charge >= 0.3 is 0 Å². The zero-order chi connectivity index (χ0) is 12.3. The van der Waals surface area contributed by atoms with E-state index < -0.39 is 6.10 Å². The van der Waals surface area contributed by atoms with Gasteiger partial charge < -0.3 is 9.84 Å². The second-order valence-electron chi connectivity index (χ2n) is 3.86. The van der Waals surface area contributed by atoms with E-state index in [1.54, 1.807) is 18.3 Å². The summed E-state index contributed by atoms with van der Waals surface area (Å²) in [6.45, 7) is 4.14. The van der Waals surface area contributed by atoms with Gasteiger partial charge in [-0.25, -0.2) is 4.98 Å². The fourth-order valence-corrected chi connectivity index (χ4v) is 2.18. The van der Waals surface area contributed by atoms with Crippen LogP contribution in [0.4, 0.5) is 0 Å². The molecule has 1 N–H and O–H groups in total. The van der Waals surface area contributed by atoms with Crippen LogP contribution in [0.15, 0.2) is 29.6 Å². The van der Waals surface area contributed by atoms with Crippen molar-refractivity contribution in [2.24, 2.45) is 0 Å². The first kappa shape index (κ1) is 12.1. The highest BCUT2D eigenvalue weighted by atomic mass is 32.1. The third-order valence-corrected chi connectivity index (χ3v) is 3.23. The lowest BCUT2D eigenvalue weighted by Crippen LogP contribution is -2.01. The van der Waals surface area contributed by atoms with Gasteiger partial charge in [0.1, 0.15) is 12.4 Å². The molecule has 0 bridgehead atoms. The Morgan fingerprint density at radius 3 is 2.82 bits per heavy atom. The molecule has 1 heterocycles. The summed E-state index contributed by atoms with van der Waals surface area (Å²) in [6, 6.07) is 7.52. The molecule has 4 heteroatoms. The van der Waals surface area contributed by atoms with Crippen molar-refractivity contribution in [1.29, 1.82) is 0 Å². The van der Waals surface area contributed by atoms with Gasteiger partial charge in [0, 0.05) is 10.9 Å². The Labute approximate surface area is 105 Å². The number of aryl methyl sites for hydroxylation is 1. The van der Waals surface area contributed by atoms with Gasteiger partial charge in [0.15, 0.2) is 0 Å². The topological polar surface area (TPSA) is 42.4 Å². The van der Waals surface area contributed by atoms with E-state index in [2.05, 4.69) is 4.98 Å². The molecule has 1 aromatic heterocycles. The summed E-state index contributed by atoms with van der Waals surface area (Å²) >= 11 is 1.61. The summed E-state index contributed by atoms with van der Waals surface area (Å²) in [7, 11) is 0. The smallest absolute Gasteiger partial charge is 0.131 e. The number of benzene rings is 1. The van der Waals surface area contributed by atoms with Gasteiger partial charge in [0.05, 0.1) is 16.8 Å². The molecule has 2 rings (SSSR count). The molecular weight excluding hydrogens is 234 g/mol. The second kappa shape index (κ2) is 5.29. The van der Waals surface area contributed by atoms with Crippen LogP contribution in [0.5, 0.6) is 5.75 Å². The van der Waals surface area contributed by atoms with Gasteiger partial charge in [-0.1, -0.05) is 18.2 Å². The molecule has 3 nitrogen and oxygen atoms in total. The van der Waals surface area contributed by atoms with Crippen LogP contribution in [-0.2, 0) is 6.61 Å². The fraction of sp³-hybridized carbons (Fsp3) is 0.308. The minimum atomic E-state index is -0.525. The van der Waals surface area contributed by atoms with Gasteiger partial charge in [0.2, 0.25) is 0 Å². The molecule has 0 unspecified atom stereocenters. The Bertz CT molecular complexity index is 494. The molecule has 0 saturated heterocycles. The quantitative estimate of drug-likeness (QED) is 0.905. The van der Waals surface area contributed by atoms with Crippen molar-refractivity contribution in [2.45, 2.75) is 26.6 Å².